The SMILES string of the molecule is CCc1ccccc1N=C1NC(=O)/C(=C/c2ccc(O)c(O)c2)S1. The Bertz CT molecular complexity index is 859. The van der Waals surface area contributed by atoms with E-state index < -0.39 is 0 Å². The number of benzene rings is 2. The number of thioether (sulfide) groups is 1. The van der Waals surface area contributed by atoms with Gasteiger partial charge < -0.3 is 15.5 Å². The molecule has 122 valence electrons. The molecule has 1 saturated heterocycles. The van der Waals surface area contributed by atoms with Crippen molar-refractivity contribution in [1.82, 2.24) is 5.32 Å². The monoisotopic (exact) mass is 340 g/mol. The zero-order valence-electron chi connectivity index (χ0n) is 13.0. The van der Waals surface area contributed by atoms with Crippen LogP contribution in [0.3, 0.4) is 0 Å². The highest BCUT2D eigenvalue weighted by molar-refractivity contribution is 8.18. The Labute approximate surface area is 143 Å². The minimum atomic E-state index is -0.236. The van der Waals surface area contributed by atoms with Gasteiger partial charge in [0.15, 0.2) is 16.7 Å². The Hall–Kier alpha value is -2.73. The molecule has 1 heterocycles. The number of phenols is 2. The summed E-state index contributed by atoms with van der Waals surface area (Å²) in [6.45, 7) is 2.06. The van der Waals surface area contributed by atoms with Gasteiger partial charge in [0.2, 0.25) is 0 Å². The Morgan fingerprint density at radius 1 is 1.17 bits per heavy atom. The molecule has 2 aromatic carbocycles. The van der Waals surface area contributed by atoms with Crippen LogP contribution >= 0.6 is 11.8 Å². The second-order valence-corrected chi connectivity index (χ2v) is 6.24. The standard InChI is InChI=1S/C18H16N2O3S/c1-2-12-5-3-4-6-13(12)19-18-20-17(23)16(24-18)10-11-7-8-14(21)15(22)9-11/h3-10,21-22H,2H2,1H3,(H,19,20,23)/b16-10-. The van der Waals surface area contributed by atoms with Gasteiger partial charge in [0.25, 0.3) is 5.91 Å². The molecular formula is C18H16N2O3S. The summed E-state index contributed by atoms with van der Waals surface area (Å²) in [5.74, 6) is -0.655. The minimum Gasteiger partial charge on any atom is -0.504 e. The number of para-hydroxylation sites is 1. The zero-order chi connectivity index (χ0) is 17.1. The fourth-order valence-corrected chi connectivity index (χ4v) is 3.13. The lowest BCUT2D eigenvalue weighted by molar-refractivity contribution is -0.115. The van der Waals surface area contributed by atoms with Gasteiger partial charge in [-0.15, -0.1) is 0 Å². The summed E-state index contributed by atoms with van der Waals surface area (Å²) in [5.41, 5.74) is 2.57. The summed E-state index contributed by atoms with van der Waals surface area (Å²) >= 11 is 1.24. The molecule has 1 aliphatic rings. The number of aromatic hydroxyl groups is 2. The number of hydrogen-bond donors (Lipinski definition) is 3. The molecule has 2 aromatic rings. The first-order valence-electron chi connectivity index (χ1n) is 7.46. The van der Waals surface area contributed by atoms with E-state index in [0.717, 1.165) is 17.7 Å². The average Bonchev–Trinajstić information content (AvgIpc) is 2.91. The lowest BCUT2D eigenvalue weighted by Gasteiger charge is -2.02. The van der Waals surface area contributed by atoms with E-state index in [1.165, 1.54) is 23.9 Å². The highest BCUT2D eigenvalue weighted by Gasteiger charge is 2.24. The number of hydrogen-bond acceptors (Lipinski definition) is 5. The van der Waals surface area contributed by atoms with Crippen LogP contribution in [-0.2, 0) is 11.2 Å². The molecule has 0 unspecified atom stereocenters. The van der Waals surface area contributed by atoms with Crippen molar-refractivity contribution in [2.75, 3.05) is 0 Å². The molecule has 3 N–H and O–H groups in total. The number of carbonyl (C=O) groups excluding carboxylic acids is 1. The molecule has 0 aliphatic carbocycles. The first-order chi connectivity index (χ1) is 11.6. The van der Waals surface area contributed by atoms with Crippen LogP contribution in [0.4, 0.5) is 5.69 Å². The molecule has 0 bridgehead atoms. The van der Waals surface area contributed by atoms with Gasteiger partial charge in [0.05, 0.1) is 10.6 Å². The molecule has 0 spiro atoms. The number of nitrogens with zero attached hydrogens (tertiary/aromatic N) is 1. The van der Waals surface area contributed by atoms with Crippen LogP contribution in [0, 0.1) is 0 Å². The van der Waals surface area contributed by atoms with Crippen LogP contribution in [0.1, 0.15) is 18.1 Å². The molecular weight excluding hydrogens is 324 g/mol. The van der Waals surface area contributed by atoms with E-state index in [1.54, 1.807) is 12.1 Å². The molecule has 3 rings (SSSR count). The third-order valence-electron chi connectivity index (χ3n) is 3.54. The molecule has 0 saturated carbocycles. The van der Waals surface area contributed by atoms with Crippen molar-refractivity contribution in [2.24, 2.45) is 4.99 Å². The fraction of sp³-hybridized carbons (Fsp3) is 0.111. The van der Waals surface area contributed by atoms with Crippen LogP contribution in [0.25, 0.3) is 6.08 Å². The van der Waals surface area contributed by atoms with Crippen LogP contribution in [0.5, 0.6) is 11.5 Å². The van der Waals surface area contributed by atoms with Crippen molar-refractivity contribution in [1.29, 1.82) is 0 Å². The second kappa shape index (κ2) is 6.80. The molecule has 1 fully saturated rings. The van der Waals surface area contributed by atoms with Gasteiger partial charge in [-0.3, -0.25) is 4.79 Å². The lowest BCUT2D eigenvalue weighted by atomic mass is 10.1. The number of rotatable bonds is 3. The maximum Gasteiger partial charge on any atom is 0.264 e. The molecule has 5 nitrogen and oxygen atoms in total. The van der Waals surface area contributed by atoms with E-state index in [4.69, 9.17) is 0 Å². The van der Waals surface area contributed by atoms with Gasteiger partial charge in [-0.05, 0) is 53.6 Å². The van der Waals surface area contributed by atoms with Crippen molar-refractivity contribution in [3.8, 4) is 11.5 Å². The molecule has 6 heteroatoms. The number of amides is 1. The lowest BCUT2D eigenvalue weighted by Crippen LogP contribution is -2.19. The van der Waals surface area contributed by atoms with Crippen molar-refractivity contribution >= 4 is 34.6 Å². The van der Waals surface area contributed by atoms with Crippen LogP contribution < -0.4 is 5.32 Å². The highest BCUT2D eigenvalue weighted by atomic mass is 32.2. The van der Waals surface area contributed by atoms with E-state index in [0.29, 0.717) is 15.6 Å². The summed E-state index contributed by atoms with van der Waals surface area (Å²) in [6.07, 6.45) is 2.51. The summed E-state index contributed by atoms with van der Waals surface area (Å²) < 4.78 is 0. The van der Waals surface area contributed by atoms with Gasteiger partial charge in [-0.2, -0.15) is 0 Å². The topological polar surface area (TPSA) is 81.9 Å². The largest absolute Gasteiger partial charge is 0.504 e. The average molecular weight is 340 g/mol. The Balaban J connectivity index is 1.86. The van der Waals surface area contributed by atoms with Crippen LogP contribution in [-0.4, -0.2) is 21.3 Å². The predicted octanol–water partition coefficient (Wildman–Crippen LogP) is 3.55. The van der Waals surface area contributed by atoms with Crippen molar-refractivity contribution < 1.29 is 15.0 Å². The van der Waals surface area contributed by atoms with Gasteiger partial charge in [-0.25, -0.2) is 4.99 Å². The zero-order valence-corrected chi connectivity index (χ0v) is 13.8. The molecule has 1 amide bonds. The third-order valence-corrected chi connectivity index (χ3v) is 4.45. The predicted molar refractivity (Wildman–Crippen MR) is 96.4 cm³/mol. The van der Waals surface area contributed by atoms with Crippen LogP contribution in [0.15, 0.2) is 52.4 Å². The van der Waals surface area contributed by atoms with Gasteiger partial charge in [0.1, 0.15) is 0 Å². The minimum absolute atomic E-state index is 0.195. The Morgan fingerprint density at radius 3 is 2.71 bits per heavy atom. The summed E-state index contributed by atoms with van der Waals surface area (Å²) in [5, 5.41) is 22.1. The highest BCUT2D eigenvalue weighted by Crippen LogP contribution is 2.31. The van der Waals surface area contributed by atoms with Gasteiger partial charge in [-0.1, -0.05) is 31.2 Å². The van der Waals surface area contributed by atoms with Gasteiger partial charge in [0, 0.05) is 0 Å². The smallest absolute Gasteiger partial charge is 0.264 e. The number of aliphatic imine (C=N–C) groups is 1. The number of carbonyl (C=O) groups is 1. The normalized spacial score (nSPS) is 17.5. The molecule has 1 aliphatic heterocycles. The van der Waals surface area contributed by atoms with E-state index in [-0.39, 0.29) is 17.4 Å². The summed E-state index contributed by atoms with van der Waals surface area (Å²) in [4.78, 5) is 17.1. The van der Waals surface area contributed by atoms with Gasteiger partial charge >= 0.3 is 0 Å². The van der Waals surface area contributed by atoms with E-state index >= 15 is 0 Å². The second-order valence-electron chi connectivity index (χ2n) is 5.21. The van der Waals surface area contributed by atoms with Crippen LogP contribution in [0.2, 0.25) is 0 Å². The fourth-order valence-electron chi connectivity index (χ4n) is 2.29. The molecule has 0 aromatic heterocycles. The Kier molecular flexibility index (Phi) is 4.57. The molecule has 24 heavy (non-hydrogen) atoms. The first kappa shape index (κ1) is 16.1. The summed E-state index contributed by atoms with van der Waals surface area (Å²) in [7, 11) is 0. The third kappa shape index (κ3) is 3.44. The number of aryl methyl sites for hydroxylation is 1. The Morgan fingerprint density at radius 2 is 1.96 bits per heavy atom. The number of nitrogens with one attached hydrogen (secondary N) is 1. The molecule has 0 radical (unpaired) electrons. The van der Waals surface area contributed by atoms with E-state index in [2.05, 4.69) is 17.2 Å². The van der Waals surface area contributed by atoms with E-state index in [1.807, 2.05) is 24.3 Å². The van der Waals surface area contributed by atoms with Crippen molar-refractivity contribution in [3.63, 3.8) is 0 Å². The van der Waals surface area contributed by atoms with E-state index in [9.17, 15) is 15.0 Å². The molecule has 0 atom stereocenters. The van der Waals surface area contributed by atoms with Crippen molar-refractivity contribution in [3.05, 3.63) is 58.5 Å². The first-order valence-corrected chi connectivity index (χ1v) is 8.28. The quantitative estimate of drug-likeness (QED) is 0.589. The van der Waals surface area contributed by atoms with Crippen molar-refractivity contribution in [2.45, 2.75) is 13.3 Å². The maximum absolute atomic E-state index is 12.1. The summed E-state index contributed by atoms with van der Waals surface area (Å²) in [6, 6.07) is 12.2. The number of amidine groups is 1. The number of phenolic OH excluding ortho intramolecular Hbond substituents is 2. The maximum atomic E-state index is 12.1.